The maximum atomic E-state index is 12.1. The number of carbonyl (C=O) groups is 1. The summed E-state index contributed by atoms with van der Waals surface area (Å²) in [6.07, 6.45) is 5.31. The summed E-state index contributed by atoms with van der Waals surface area (Å²) in [5.74, 6) is 1.68. The van der Waals surface area contributed by atoms with Gasteiger partial charge in [-0.2, -0.15) is 0 Å². The summed E-state index contributed by atoms with van der Waals surface area (Å²) in [6.45, 7) is 9.28. The van der Waals surface area contributed by atoms with Gasteiger partial charge in [0.1, 0.15) is 0 Å². The van der Waals surface area contributed by atoms with Crippen LogP contribution in [0.25, 0.3) is 0 Å². The van der Waals surface area contributed by atoms with E-state index in [1.165, 1.54) is 31.4 Å². The van der Waals surface area contributed by atoms with Crippen LogP contribution in [0.2, 0.25) is 0 Å². The van der Waals surface area contributed by atoms with E-state index in [9.17, 15) is 4.79 Å². The largest absolute Gasteiger partial charge is 0.348 e. The Bertz CT molecular complexity index is 481. The summed E-state index contributed by atoms with van der Waals surface area (Å²) < 4.78 is 2.31. The number of hydrogen-bond donors (Lipinski definition) is 0. The van der Waals surface area contributed by atoms with Crippen molar-refractivity contribution in [3.05, 3.63) is 23.0 Å². The fourth-order valence-corrected chi connectivity index (χ4v) is 3.43. The summed E-state index contributed by atoms with van der Waals surface area (Å²) in [7, 11) is 0. The smallest absolute Gasteiger partial charge is 0.182 e. The van der Waals surface area contributed by atoms with Gasteiger partial charge in [-0.1, -0.05) is 19.8 Å². The van der Waals surface area contributed by atoms with Gasteiger partial charge in [0.05, 0.1) is 5.38 Å². The van der Waals surface area contributed by atoms with E-state index in [1.54, 1.807) is 6.92 Å². The molecule has 0 saturated heterocycles. The fraction of sp³-hybridized carbons (Fsp3) is 0.706. The molecule has 0 amide bonds. The zero-order valence-corrected chi connectivity index (χ0v) is 13.8. The Labute approximate surface area is 127 Å². The molecule has 0 N–H and O–H groups in total. The monoisotopic (exact) mass is 295 g/mol. The highest BCUT2D eigenvalue weighted by Gasteiger charge is 2.23. The van der Waals surface area contributed by atoms with Gasteiger partial charge in [-0.3, -0.25) is 4.79 Å². The summed E-state index contributed by atoms with van der Waals surface area (Å²) in [5, 5.41) is -0.445. The lowest BCUT2D eigenvalue weighted by Crippen LogP contribution is -2.19. The van der Waals surface area contributed by atoms with E-state index in [1.807, 2.05) is 13.0 Å². The molecule has 1 fully saturated rings. The molecule has 2 rings (SSSR count). The van der Waals surface area contributed by atoms with Gasteiger partial charge in [0.25, 0.3) is 0 Å². The SMILES string of the molecule is Cc1cc(C(=O)C(C)Cl)c(C)n1CC1CCC(C)CC1. The van der Waals surface area contributed by atoms with E-state index < -0.39 is 5.38 Å². The van der Waals surface area contributed by atoms with Crippen molar-refractivity contribution in [3.63, 3.8) is 0 Å². The van der Waals surface area contributed by atoms with Gasteiger partial charge < -0.3 is 4.57 Å². The molecule has 1 aliphatic rings. The summed E-state index contributed by atoms with van der Waals surface area (Å²) in [6, 6.07) is 2.00. The second kappa shape index (κ2) is 6.34. The summed E-state index contributed by atoms with van der Waals surface area (Å²) >= 11 is 5.95. The van der Waals surface area contributed by atoms with Crippen molar-refractivity contribution in [2.75, 3.05) is 0 Å². The van der Waals surface area contributed by atoms with Gasteiger partial charge in [0.2, 0.25) is 0 Å². The minimum Gasteiger partial charge on any atom is -0.348 e. The molecule has 1 atom stereocenters. The van der Waals surface area contributed by atoms with Crippen LogP contribution in [0.4, 0.5) is 0 Å². The van der Waals surface area contributed by atoms with Crippen molar-refractivity contribution in [3.8, 4) is 0 Å². The minimum absolute atomic E-state index is 0.0447. The summed E-state index contributed by atoms with van der Waals surface area (Å²) in [4.78, 5) is 12.1. The number of aryl methyl sites for hydroxylation is 1. The second-order valence-electron chi connectivity index (χ2n) is 6.50. The molecule has 1 heterocycles. The number of halogens is 1. The number of Topliss-reactive ketones (excluding diaryl/α,β-unsaturated/α-hetero) is 1. The Morgan fingerprint density at radius 2 is 1.95 bits per heavy atom. The van der Waals surface area contributed by atoms with Crippen molar-refractivity contribution in [2.24, 2.45) is 11.8 Å². The third kappa shape index (κ3) is 3.28. The molecule has 3 heteroatoms. The van der Waals surface area contributed by atoms with Crippen LogP contribution in [-0.4, -0.2) is 15.7 Å². The van der Waals surface area contributed by atoms with Crippen LogP contribution in [0, 0.1) is 25.7 Å². The van der Waals surface area contributed by atoms with Crippen LogP contribution in [0.1, 0.15) is 61.3 Å². The van der Waals surface area contributed by atoms with Crippen LogP contribution in [0.5, 0.6) is 0 Å². The third-order valence-electron chi connectivity index (χ3n) is 4.78. The molecule has 2 nitrogen and oxygen atoms in total. The van der Waals surface area contributed by atoms with Gasteiger partial charge in [0, 0.05) is 23.5 Å². The molecule has 1 unspecified atom stereocenters. The first-order valence-electron chi connectivity index (χ1n) is 7.75. The molecule has 0 spiro atoms. The van der Waals surface area contributed by atoms with E-state index in [4.69, 9.17) is 11.6 Å². The van der Waals surface area contributed by atoms with Crippen molar-refractivity contribution >= 4 is 17.4 Å². The zero-order valence-electron chi connectivity index (χ0n) is 13.1. The van der Waals surface area contributed by atoms with E-state index in [2.05, 4.69) is 18.4 Å². The fourth-order valence-electron chi connectivity index (χ4n) is 3.32. The average molecular weight is 296 g/mol. The molecule has 112 valence electrons. The first kappa shape index (κ1) is 15.6. The molecule has 1 aromatic rings. The Hall–Kier alpha value is -0.760. The highest BCUT2D eigenvalue weighted by Crippen LogP contribution is 2.30. The number of carbonyl (C=O) groups excluding carboxylic acids is 1. The Balaban J connectivity index is 2.14. The van der Waals surface area contributed by atoms with E-state index in [0.717, 1.165) is 29.6 Å². The van der Waals surface area contributed by atoms with Gasteiger partial charge >= 0.3 is 0 Å². The molecule has 20 heavy (non-hydrogen) atoms. The number of ketones is 1. The number of alkyl halides is 1. The topological polar surface area (TPSA) is 22.0 Å². The lowest BCUT2D eigenvalue weighted by molar-refractivity contribution is 0.0991. The maximum Gasteiger partial charge on any atom is 0.182 e. The van der Waals surface area contributed by atoms with Gasteiger partial charge in [0.15, 0.2) is 5.78 Å². The quantitative estimate of drug-likeness (QED) is 0.581. The standard InChI is InChI=1S/C17H26ClNO/c1-11-5-7-15(8-6-11)10-19-12(2)9-16(14(19)4)17(20)13(3)18/h9,11,13,15H,5-8,10H2,1-4H3. The molecule has 1 saturated carbocycles. The van der Waals surface area contributed by atoms with E-state index >= 15 is 0 Å². The predicted molar refractivity (Wildman–Crippen MR) is 84.7 cm³/mol. The van der Waals surface area contributed by atoms with Crippen LogP contribution in [-0.2, 0) is 6.54 Å². The lowest BCUT2D eigenvalue weighted by Gasteiger charge is -2.27. The predicted octanol–water partition coefficient (Wildman–Crippen LogP) is 4.74. The Kier molecular flexibility index (Phi) is 4.95. The second-order valence-corrected chi connectivity index (χ2v) is 7.16. The highest BCUT2D eigenvalue weighted by atomic mass is 35.5. The zero-order chi connectivity index (χ0) is 14.9. The first-order chi connectivity index (χ1) is 9.40. The van der Waals surface area contributed by atoms with Crippen molar-refractivity contribution in [1.82, 2.24) is 4.57 Å². The Morgan fingerprint density at radius 1 is 1.35 bits per heavy atom. The molecule has 1 aliphatic carbocycles. The van der Waals surface area contributed by atoms with Crippen LogP contribution >= 0.6 is 11.6 Å². The maximum absolute atomic E-state index is 12.1. The number of aromatic nitrogens is 1. The number of rotatable bonds is 4. The minimum atomic E-state index is -0.445. The number of nitrogens with zero attached hydrogens (tertiary/aromatic N) is 1. The van der Waals surface area contributed by atoms with Crippen molar-refractivity contribution < 1.29 is 4.79 Å². The van der Waals surface area contributed by atoms with E-state index in [-0.39, 0.29) is 5.78 Å². The molecule has 0 aromatic carbocycles. The lowest BCUT2D eigenvalue weighted by atomic mass is 9.83. The molecular formula is C17H26ClNO. The normalized spacial score (nSPS) is 24.6. The first-order valence-corrected chi connectivity index (χ1v) is 8.18. The average Bonchev–Trinajstić information content (AvgIpc) is 2.68. The third-order valence-corrected chi connectivity index (χ3v) is 4.97. The molecular weight excluding hydrogens is 270 g/mol. The van der Waals surface area contributed by atoms with Crippen LogP contribution in [0.3, 0.4) is 0 Å². The molecule has 0 aliphatic heterocycles. The number of hydrogen-bond acceptors (Lipinski definition) is 1. The Morgan fingerprint density at radius 3 is 2.50 bits per heavy atom. The highest BCUT2D eigenvalue weighted by molar-refractivity contribution is 6.33. The van der Waals surface area contributed by atoms with E-state index in [0.29, 0.717) is 0 Å². The van der Waals surface area contributed by atoms with Gasteiger partial charge in [-0.15, -0.1) is 11.6 Å². The van der Waals surface area contributed by atoms with Crippen molar-refractivity contribution in [1.29, 1.82) is 0 Å². The van der Waals surface area contributed by atoms with Crippen molar-refractivity contribution in [2.45, 2.75) is 65.3 Å². The molecule has 0 radical (unpaired) electrons. The summed E-state index contributed by atoms with van der Waals surface area (Å²) in [5.41, 5.74) is 3.06. The molecule has 0 bridgehead atoms. The van der Waals surface area contributed by atoms with Gasteiger partial charge in [-0.05, 0) is 51.5 Å². The van der Waals surface area contributed by atoms with Crippen LogP contribution < -0.4 is 0 Å². The molecule has 1 aromatic heterocycles. The van der Waals surface area contributed by atoms with Crippen LogP contribution in [0.15, 0.2) is 6.07 Å². The van der Waals surface area contributed by atoms with Gasteiger partial charge in [-0.25, -0.2) is 0 Å².